The second-order valence-corrected chi connectivity index (χ2v) is 2.85. The van der Waals surface area contributed by atoms with Crippen molar-refractivity contribution in [2.75, 3.05) is 5.88 Å². The summed E-state index contributed by atoms with van der Waals surface area (Å²) >= 11 is 5.36. The second-order valence-electron chi connectivity index (χ2n) is 2.58. The highest BCUT2D eigenvalue weighted by Crippen LogP contribution is 2.17. The summed E-state index contributed by atoms with van der Waals surface area (Å²) in [5.41, 5.74) is 0.325. The Morgan fingerprint density at radius 1 is 1.53 bits per heavy atom. The van der Waals surface area contributed by atoms with Crippen LogP contribution in [0.2, 0.25) is 0 Å². The number of carbonyl (C=O) groups is 1. The monoisotopic (exact) mass is 223 g/mol. The van der Waals surface area contributed by atoms with E-state index in [2.05, 4.69) is 11.8 Å². The summed E-state index contributed by atoms with van der Waals surface area (Å²) < 4.78 is 0. The fourth-order valence-electron chi connectivity index (χ4n) is 1.03. The van der Waals surface area contributed by atoms with E-state index in [0.29, 0.717) is 11.8 Å². The maximum Gasteiger partial charge on any atom is 0.279 e. The van der Waals surface area contributed by atoms with Gasteiger partial charge in [-0.3, -0.25) is 14.9 Å². The fraction of sp³-hybridized carbons (Fsp3) is 0.100. The molecular formula is C10H6ClNO3. The lowest BCUT2D eigenvalue weighted by atomic mass is 10.1. The topological polar surface area (TPSA) is 60.2 Å². The molecule has 0 aromatic heterocycles. The number of nitrogens with zero attached hydrogens (tertiary/aromatic N) is 1. The molecule has 0 spiro atoms. The molecule has 0 unspecified atom stereocenters. The summed E-state index contributed by atoms with van der Waals surface area (Å²) in [7, 11) is 0. The Morgan fingerprint density at radius 2 is 2.27 bits per heavy atom. The third-order valence-electron chi connectivity index (χ3n) is 1.65. The van der Waals surface area contributed by atoms with Crippen molar-refractivity contribution in [1.82, 2.24) is 0 Å². The second kappa shape index (κ2) is 5.13. The lowest BCUT2D eigenvalue weighted by Gasteiger charge is -1.95. The molecule has 0 heterocycles. The van der Waals surface area contributed by atoms with Gasteiger partial charge in [-0.05, 0) is 12.1 Å². The van der Waals surface area contributed by atoms with E-state index in [1.807, 2.05) is 0 Å². The van der Waals surface area contributed by atoms with Crippen LogP contribution < -0.4 is 0 Å². The van der Waals surface area contributed by atoms with E-state index in [1.165, 1.54) is 18.2 Å². The van der Waals surface area contributed by atoms with Crippen LogP contribution >= 0.6 is 11.6 Å². The molecule has 0 aliphatic carbocycles. The molecule has 0 aliphatic rings. The molecule has 0 saturated heterocycles. The van der Waals surface area contributed by atoms with Crippen molar-refractivity contribution in [2.24, 2.45) is 0 Å². The van der Waals surface area contributed by atoms with E-state index in [1.54, 1.807) is 0 Å². The Balaban J connectivity index is 3.19. The highest BCUT2D eigenvalue weighted by Gasteiger charge is 2.12. The Labute approximate surface area is 91.0 Å². The first-order chi connectivity index (χ1) is 7.19. The van der Waals surface area contributed by atoms with Crippen LogP contribution in [0.5, 0.6) is 0 Å². The Bertz CT molecular complexity index is 459. The molecule has 0 aliphatic heterocycles. The lowest BCUT2D eigenvalue weighted by molar-refractivity contribution is -0.385. The van der Waals surface area contributed by atoms with Crippen LogP contribution in [0.25, 0.3) is 0 Å². The molecule has 0 amide bonds. The summed E-state index contributed by atoms with van der Waals surface area (Å²) in [5, 5.41) is 10.5. The highest BCUT2D eigenvalue weighted by atomic mass is 35.5. The van der Waals surface area contributed by atoms with E-state index in [4.69, 9.17) is 11.6 Å². The number of nitro groups is 1. The van der Waals surface area contributed by atoms with Crippen molar-refractivity contribution in [3.8, 4) is 11.8 Å². The third kappa shape index (κ3) is 2.79. The normalized spacial score (nSPS) is 8.87. The molecular weight excluding hydrogens is 218 g/mol. The summed E-state index contributed by atoms with van der Waals surface area (Å²) in [5.74, 6) is 5.44. The van der Waals surface area contributed by atoms with E-state index >= 15 is 0 Å². The standard InChI is InChI=1S/C10H6ClNO3/c11-5-1-2-8-3-4-10(12(14)15)9(6-8)7-13/h3-4,6-7H,5H2. The van der Waals surface area contributed by atoms with Crippen molar-refractivity contribution >= 4 is 23.6 Å². The maximum atomic E-state index is 10.6. The highest BCUT2D eigenvalue weighted by molar-refractivity contribution is 6.19. The van der Waals surface area contributed by atoms with Crippen LogP contribution in [-0.2, 0) is 0 Å². The molecule has 1 rings (SSSR count). The number of halogens is 1. The summed E-state index contributed by atoms with van der Waals surface area (Å²) in [6.07, 6.45) is 0.435. The Hall–Kier alpha value is -1.86. The van der Waals surface area contributed by atoms with Gasteiger partial charge in [0.15, 0.2) is 6.29 Å². The first-order valence-corrected chi connectivity index (χ1v) is 4.51. The first-order valence-electron chi connectivity index (χ1n) is 3.97. The largest absolute Gasteiger partial charge is 0.298 e. The van der Waals surface area contributed by atoms with Gasteiger partial charge >= 0.3 is 0 Å². The number of hydrogen-bond acceptors (Lipinski definition) is 3. The number of benzene rings is 1. The zero-order chi connectivity index (χ0) is 11.3. The van der Waals surface area contributed by atoms with Crippen molar-refractivity contribution < 1.29 is 9.72 Å². The number of nitro benzene ring substituents is 1. The minimum atomic E-state index is -0.609. The Kier molecular flexibility index (Phi) is 3.83. The number of carbonyl (C=O) groups excluding carboxylic acids is 1. The molecule has 5 heteroatoms. The Morgan fingerprint density at radius 3 is 2.80 bits per heavy atom. The van der Waals surface area contributed by atoms with Crippen molar-refractivity contribution in [3.05, 3.63) is 39.4 Å². The van der Waals surface area contributed by atoms with Gasteiger partial charge in [-0.25, -0.2) is 0 Å². The SMILES string of the molecule is O=Cc1cc(C#CCCl)ccc1[N+](=O)[O-]. The van der Waals surface area contributed by atoms with Gasteiger partial charge in [0.1, 0.15) is 0 Å². The minimum absolute atomic E-state index is 0.0152. The molecule has 1 aromatic carbocycles. The molecule has 0 saturated carbocycles. The van der Waals surface area contributed by atoms with Gasteiger partial charge in [-0.1, -0.05) is 11.8 Å². The van der Waals surface area contributed by atoms with Crippen LogP contribution in [0.1, 0.15) is 15.9 Å². The molecule has 0 N–H and O–H groups in total. The van der Waals surface area contributed by atoms with E-state index in [0.717, 1.165) is 0 Å². The van der Waals surface area contributed by atoms with Crippen molar-refractivity contribution in [3.63, 3.8) is 0 Å². The number of aldehydes is 1. The molecule has 0 fully saturated rings. The quantitative estimate of drug-likeness (QED) is 0.253. The van der Waals surface area contributed by atoms with Gasteiger partial charge in [-0.15, -0.1) is 11.6 Å². The average molecular weight is 224 g/mol. The van der Waals surface area contributed by atoms with E-state index < -0.39 is 4.92 Å². The number of alkyl halides is 1. The van der Waals surface area contributed by atoms with Crippen LogP contribution in [-0.4, -0.2) is 17.1 Å². The molecule has 0 bridgehead atoms. The molecule has 4 nitrogen and oxygen atoms in total. The fourth-order valence-corrected chi connectivity index (χ4v) is 1.10. The summed E-state index contributed by atoms with van der Waals surface area (Å²) in [6, 6.07) is 4.09. The molecule has 15 heavy (non-hydrogen) atoms. The van der Waals surface area contributed by atoms with Gasteiger partial charge < -0.3 is 0 Å². The predicted octanol–water partition coefficient (Wildman–Crippen LogP) is 2.00. The zero-order valence-corrected chi connectivity index (χ0v) is 8.32. The van der Waals surface area contributed by atoms with Crippen molar-refractivity contribution in [1.29, 1.82) is 0 Å². The summed E-state index contributed by atoms with van der Waals surface area (Å²) in [4.78, 5) is 20.5. The maximum absolute atomic E-state index is 10.6. The van der Waals surface area contributed by atoms with Gasteiger partial charge in [-0.2, -0.15) is 0 Å². The molecule has 0 atom stereocenters. The van der Waals surface area contributed by atoms with Gasteiger partial charge in [0, 0.05) is 11.6 Å². The zero-order valence-electron chi connectivity index (χ0n) is 7.57. The average Bonchev–Trinajstić information content (AvgIpc) is 2.25. The van der Waals surface area contributed by atoms with Gasteiger partial charge in [0.05, 0.1) is 16.4 Å². The smallest absolute Gasteiger partial charge is 0.279 e. The van der Waals surface area contributed by atoms with Gasteiger partial charge in [0.2, 0.25) is 0 Å². The van der Waals surface area contributed by atoms with E-state index in [-0.39, 0.29) is 17.1 Å². The minimum Gasteiger partial charge on any atom is -0.298 e. The van der Waals surface area contributed by atoms with Gasteiger partial charge in [0.25, 0.3) is 5.69 Å². The molecule has 0 radical (unpaired) electrons. The van der Waals surface area contributed by atoms with E-state index in [9.17, 15) is 14.9 Å². The first kappa shape index (κ1) is 11.2. The molecule has 76 valence electrons. The number of hydrogen-bond donors (Lipinski definition) is 0. The third-order valence-corrected chi connectivity index (χ3v) is 1.78. The van der Waals surface area contributed by atoms with Crippen LogP contribution in [0, 0.1) is 22.0 Å². The molecule has 1 aromatic rings. The van der Waals surface area contributed by atoms with Crippen LogP contribution in [0.15, 0.2) is 18.2 Å². The number of rotatable bonds is 2. The predicted molar refractivity (Wildman–Crippen MR) is 56.1 cm³/mol. The van der Waals surface area contributed by atoms with Crippen molar-refractivity contribution in [2.45, 2.75) is 0 Å². The summed E-state index contributed by atoms with van der Waals surface area (Å²) in [6.45, 7) is 0. The van der Waals surface area contributed by atoms with Crippen LogP contribution in [0.3, 0.4) is 0 Å². The lowest BCUT2D eigenvalue weighted by Crippen LogP contribution is -1.94. The van der Waals surface area contributed by atoms with Crippen LogP contribution in [0.4, 0.5) is 5.69 Å².